The molecule has 0 aliphatic carbocycles. The molecule has 1 N–H and O–H groups in total. The highest BCUT2D eigenvalue weighted by atomic mass is 35.5. The van der Waals surface area contributed by atoms with E-state index in [2.05, 4.69) is 0 Å². The summed E-state index contributed by atoms with van der Waals surface area (Å²) in [7, 11) is 3.05. The van der Waals surface area contributed by atoms with Crippen LogP contribution < -0.4 is 9.47 Å². The van der Waals surface area contributed by atoms with Crippen molar-refractivity contribution in [3.63, 3.8) is 0 Å². The molecule has 1 atom stereocenters. The molecule has 1 amide bonds. The van der Waals surface area contributed by atoms with Crippen LogP contribution in [0.5, 0.6) is 11.5 Å². The molecule has 0 saturated heterocycles. The molecule has 0 fully saturated rings. The molecule has 7 nitrogen and oxygen atoms in total. The Balaban J connectivity index is 2.03. The minimum Gasteiger partial charge on any atom is -0.493 e. The van der Waals surface area contributed by atoms with Crippen molar-refractivity contribution in [2.45, 2.75) is 18.9 Å². The molecule has 0 saturated carbocycles. The van der Waals surface area contributed by atoms with Gasteiger partial charge in [-0.1, -0.05) is 0 Å². The first-order valence-corrected chi connectivity index (χ1v) is 8.35. The maximum atomic E-state index is 12.8. The number of ether oxygens (including phenoxy) is 2. The van der Waals surface area contributed by atoms with Crippen LogP contribution in [-0.4, -0.2) is 42.6 Å². The maximum Gasteiger partial charge on any atom is 0.305 e. The van der Waals surface area contributed by atoms with Crippen LogP contribution in [-0.2, 0) is 11.2 Å². The molecule has 0 radical (unpaired) electrons. The molecular weight excluding hydrogens is 362 g/mol. The number of amides is 1. The number of nitrogens with zero attached hydrogens (tertiary/aromatic N) is 1. The van der Waals surface area contributed by atoms with Crippen molar-refractivity contribution >= 4 is 23.5 Å². The Bertz CT molecular complexity index is 846. The van der Waals surface area contributed by atoms with Gasteiger partial charge in [0.25, 0.3) is 5.91 Å². The van der Waals surface area contributed by atoms with Crippen LogP contribution in [0.2, 0.25) is 5.22 Å². The van der Waals surface area contributed by atoms with Gasteiger partial charge in [-0.05, 0) is 53.4 Å². The third-order valence-corrected chi connectivity index (χ3v) is 4.62. The van der Waals surface area contributed by atoms with Gasteiger partial charge in [-0.3, -0.25) is 9.59 Å². The molecule has 2 heterocycles. The summed E-state index contributed by atoms with van der Waals surface area (Å²) in [5, 5.41) is 9.46. The highest BCUT2D eigenvalue weighted by Gasteiger charge is 2.35. The lowest BCUT2D eigenvalue weighted by molar-refractivity contribution is -0.138. The van der Waals surface area contributed by atoms with Gasteiger partial charge in [-0.15, -0.1) is 0 Å². The van der Waals surface area contributed by atoms with Gasteiger partial charge in [0.1, 0.15) is 0 Å². The summed E-state index contributed by atoms with van der Waals surface area (Å²) in [4.78, 5) is 25.7. The van der Waals surface area contributed by atoms with E-state index in [1.165, 1.54) is 31.3 Å². The second-order valence-electron chi connectivity index (χ2n) is 5.87. The Kier molecular flexibility index (Phi) is 5.08. The number of furan rings is 1. The van der Waals surface area contributed by atoms with Crippen molar-refractivity contribution in [3.8, 4) is 11.5 Å². The first-order valence-electron chi connectivity index (χ1n) is 7.97. The van der Waals surface area contributed by atoms with Crippen molar-refractivity contribution < 1.29 is 28.6 Å². The molecule has 2 aromatic rings. The van der Waals surface area contributed by atoms with E-state index in [9.17, 15) is 14.7 Å². The number of hydrogen-bond acceptors (Lipinski definition) is 5. The second kappa shape index (κ2) is 7.29. The monoisotopic (exact) mass is 379 g/mol. The van der Waals surface area contributed by atoms with Crippen molar-refractivity contribution in [1.29, 1.82) is 0 Å². The summed E-state index contributed by atoms with van der Waals surface area (Å²) < 4.78 is 15.8. The zero-order valence-electron chi connectivity index (χ0n) is 14.3. The number of carboxylic acids is 1. The van der Waals surface area contributed by atoms with Crippen molar-refractivity contribution in [1.82, 2.24) is 4.90 Å². The van der Waals surface area contributed by atoms with E-state index in [-0.39, 0.29) is 17.4 Å². The van der Waals surface area contributed by atoms with Crippen LogP contribution in [0.3, 0.4) is 0 Å². The number of carbonyl (C=O) groups is 2. The first-order chi connectivity index (χ1) is 12.4. The van der Waals surface area contributed by atoms with Gasteiger partial charge in [0.2, 0.25) is 0 Å². The number of benzene rings is 1. The number of rotatable bonds is 5. The molecule has 1 aromatic heterocycles. The zero-order valence-corrected chi connectivity index (χ0v) is 15.1. The van der Waals surface area contributed by atoms with E-state index in [1.807, 2.05) is 6.07 Å². The third-order valence-electron chi connectivity index (χ3n) is 4.42. The smallest absolute Gasteiger partial charge is 0.305 e. The van der Waals surface area contributed by atoms with E-state index >= 15 is 0 Å². The molecular formula is C18H18ClNO6. The Morgan fingerprint density at radius 3 is 2.54 bits per heavy atom. The standard InChI is InChI=1S/C18H18ClNO6/c1-24-14-7-10-5-6-20(18(23)13-3-4-16(19)26-13)12(9-17(21)22)11(10)8-15(14)25-2/h3-4,7-8,12H,5-6,9H2,1-2H3,(H,21,22)/t12-/m1/s1. The number of carbonyl (C=O) groups excluding carboxylic acids is 1. The average molecular weight is 380 g/mol. The van der Waals surface area contributed by atoms with E-state index in [0.29, 0.717) is 24.5 Å². The predicted molar refractivity (Wildman–Crippen MR) is 93.0 cm³/mol. The Morgan fingerprint density at radius 1 is 1.27 bits per heavy atom. The lowest BCUT2D eigenvalue weighted by Gasteiger charge is -2.36. The molecule has 1 aliphatic rings. The third kappa shape index (κ3) is 3.35. The van der Waals surface area contributed by atoms with Crippen LogP contribution in [0.25, 0.3) is 0 Å². The van der Waals surface area contributed by atoms with Gasteiger partial charge in [0.15, 0.2) is 22.5 Å². The lowest BCUT2D eigenvalue weighted by atomic mass is 9.89. The van der Waals surface area contributed by atoms with Gasteiger partial charge < -0.3 is 23.9 Å². The van der Waals surface area contributed by atoms with Crippen LogP contribution in [0.15, 0.2) is 28.7 Å². The summed E-state index contributed by atoms with van der Waals surface area (Å²) in [6.45, 7) is 0.359. The molecule has 1 aliphatic heterocycles. The molecule has 8 heteroatoms. The molecule has 138 valence electrons. The van der Waals surface area contributed by atoms with Gasteiger partial charge in [0.05, 0.1) is 26.7 Å². The SMILES string of the molecule is COc1cc2c(cc1OC)[C@@H](CC(=O)O)N(C(=O)c1ccc(Cl)o1)CC2. The van der Waals surface area contributed by atoms with Crippen LogP contribution in [0, 0.1) is 0 Å². The number of fused-ring (bicyclic) bond motifs is 1. The fourth-order valence-corrected chi connectivity index (χ4v) is 3.37. The van der Waals surface area contributed by atoms with Crippen molar-refractivity contribution in [3.05, 3.63) is 46.4 Å². The number of carboxylic acid groups (broad SMARTS) is 1. The highest BCUT2D eigenvalue weighted by Crippen LogP contribution is 2.40. The van der Waals surface area contributed by atoms with Crippen molar-refractivity contribution in [2.24, 2.45) is 0 Å². The Morgan fingerprint density at radius 2 is 1.96 bits per heavy atom. The largest absolute Gasteiger partial charge is 0.493 e. The van der Waals surface area contributed by atoms with Gasteiger partial charge in [0, 0.05) is 6.54 Å². The number of aliphatic carboxylic acids is 1. The molecule has 3 rings (SSSR count). The minimum absolute atomic E-state index is 0.0781. The van der Waals surface area contributed by atoms with Gasteiger partial charge in [-0.2, -0.15) is 0 Å². The summed E-state index contributed by atoms with van der Waals surface area (Å²) in [6.07, 6.45) is 0.328. The first kappa shape index (κ1) is 18.1. The second-order valence-corrected chi connectivity index (χ2v) is 6.24. The van der Waals surface area contributed by atoms with E-state index in [1.54, 1.807) is 6.07 Å². The molecule has 1 aromatic carbocycles. The van der Waals surface area contributed by atoms with Gasteiger partial charge >= 0.3 is 5.97 Å². The summed E-state index contributed by atoms with van der Waals surface area (Å²) in [5.41, 5.74) is 1.65. The lowest BCUT2D eigenvalue weighted by Crippen LogP contribution is -2.41. The molecule has 26 heavy (non-hydrogen) atoms. The van der Waals surface area contributed by atoms with Crippen LogP contribution in [0.4, 0.5) is 0 Å². The number of methoxy groups -OCH3 is 2. The maximum absolute atomic E-state index is 12.8. The fourth-order valence-electron chi connectivity index (χ4n) is 3.23. The predicted octanol–water partition coefficient (Wildman–Crippen LogP) is 3.16. The zero-order chi connectivity index (χ0) is 18.8. The minimum atomic E-state index is -1.01. The Hall–Kier alpha value is -2.67. The van der Waals surface area contributed by atoms with Crippen molar-refractivity contribution in [2.75, 3.05) is 20.8 Å². The van der Waals surface area contributed by atoms with E-state index < -0.39 is 17.9 Å². The van der Waals surface area contributed by atoms with E-state index in [4.69, 9.17) is 25.5 Å². The van der Waals surface area contributed by atoms with E-state index in [0.717, 1.165) is 11.1 Å². The molecule has 0 bridgehead atoms. The van der Waals surface area contributed by atoms with Crippen LogP contribution in [0.1, 0.15) is 34.1 Å². The molecule has 0 unspecified atom stereocenters. The summed E-state index contributed by atoms with van der Waals surface area (Å²) in [5.74, 6) is -0.277. The number of halogens is 1. The quantitative estimate of drug-likeness (QED) is 0.858. The average Bonchev–Trinajstić information content (AvgIpc) is 3.06. The molecule has 0 spiro atoms. The fraction of sp³-hybridized carbons (Fsp3) is 0.333. The highest BCUT2D eigenvalue weighted by molar-refractivity contribution is 6.29. The normalized spacial score (nSPS) is 16.1. The van der Waals surface area contributed by atoms with Gasteiger partial charge in [-0.25, -0.2) is 0 Å². The summed E-state index contributed by atoms with van der Waals surface area (Å²) >= 11 is 5.76. The Labute approximate surface area is 155 Å². The number of hydrogen-bond donors (Lipinski definition) is 1. The summed E-state index contributed by atoms with van der Waals surface area (Å²) in [6, 6.07) is 5.87. The van der Waals surface area contributed by atoms with Crippen LogP contribution >= 0.6 is 11.6 Å². The topological polar surface area (TPSA) is 89.2 Å².